The summed E-state index contributed by atoms with van der Waals surface area (Å²) in [7, 11) is 0. The summed E-state index contributed by atoms with van der Waals surface area (Å²) in [6, 6.07) is 2.69. The molecule has 0 atom stereocenters. The van der Waals surface area contributed by atoms with Gasteiger partial charge < -0.3 is 0 Å². The van der Waals surface area contributed by atoms with Crippen LogP contribution >= 0.6 is 0 Å². The maximum atomic E-state index is 8.62. The van der Waals surface area contributed by atoms with E-state index in [2.05, 4.69) is 31.4 Å². The van der Waals surface area contributed by atoms with Crippen molar-refractivity contribution in [1.82, 2.24) is 4.90 Å². The molecular weight excluding hydrogens is 172 g/mol. The summed E-state index contributed by atoms with van der Waals surface area (Å²) < 4.78 is 0. The van der Waals surface area contributed by atoms with Crippen molar-refractivity contribution in [3.8, 4) is 6.07 Å². The van der Waals surface area contributed by atoms with Crippen molar-refractivity contribution in [3.05, 3.63) is 12.7 Å². The Balaban J connectivity index is 3.51. The monoisotopic (exact) mass is 194 g/mol. The van der Waals surface area contributed by atoms with Crippen LogP contribution in [-0.2, 0) is 0 Å². The number of unbranched alkanes of at least 4 members (excludes halogenated alkanes) is 3. The molecule has 2 heteroatoms. The normalized spacial score (nSPS) is 10.5. The van der Waals surface area contributed by atoms with Crippen LogP contribution in [0.2, 0.25) is 0 Å². The average Bonchev–Trinajstić information content (AvgIpc) is 2.15. The molecule has 0 amide bonds. The highest BCUT2D eigenvalue weighted by atomic mass is 15.1. The fourth-order valence-electron chi connectivity index (χ4n) is 1.39. The van der Waals surface area contributed by atoms with E-state index in [-0.39, 0.29) is 0 Å². The Kier molecular flexibility index (Phi) is 8.27. The Morgan fingerprint density at radius 1 is 1.36 bits per heavy atom. The topological polar surface area (TPSA) is 27.0 Å². The zero-order valence-corrected chi connectivity index (χ0v) is 9.50. The van der Waals surface area contributed by atoms with Gasteiger partial charge in [-0.15, -0.1) is 6.58 Å². The second-order valence-electron chi connectivity index (χ2n) is 3.86. The lowest BCUT2D eigenvalue weighted by molar-refractivity contribution is 0.243. The molecule has 0 aromatic heterocycles. The number of hydrogen-bond acceptors (Lipinski definition) is 2. The molecule has 0 bridgehead atoms. The third kappa shape index (κ3) is 6.68. The molecule has 2 nitrogen and oxygen atoms in total. The summed E-state index contributed by atoms with van der Waals surface area (Å²) in [5.74, 6) is 0. The van der Waals surface area contributed by atoms with E-state index < -0.39 is 0 Å². The average molecular weight is 194 g/mol. The first-order valence-electron chi connectivity index (χ1n) is 5.44. The standard InChI is InChI=1S/C12H22N2/c1-4-5-6-7-8-10-14(11-9-13)12(2)3/h4,12H,1,5-8,10-11H2,2-3H3. The van der Waals surface area contributed by atoms with E-state index in [1.54, 1.807) is 0 Å². The van der Waals surface area contributed by atoms with E-state index in [0.717, 1.165) is 13.0 Å². The molecule has 0 radical (unpaired) electrons. The molecule has 0 aromatic carbocycles. The van der Waals surface area contributed by atoms with Gasteiger partial charge in [0.15, 0.2) is 0 Å². The van der Waals surface area contributed by atoms with Gasteiger partial charge in [-0.2, -0.15) is 5.26 Å². The molecule has 14 heavy (non-hydrogen) atoms. The van der Waals surface area contributed by atoms with E-state index >= 15 is 0 Å². The number of allylic oxidation sites excluding steroid dienone is 1. The number of hydrogen-bond donors (Lipinski definition) is 0. The zero-order valence-electron chi connectivity index (χ0n) is 9.50. The largest absolute Gasteiger partial charge is 0.288 e. The van der Waals surface area contributed by atoms with Crippen molar-refractivity contribution >= 4 is 0 Å². The molecule has 80 valence electrons. The van der Waals surface area contributed by atoms with Crippen LogP contribution in [0.5, 0.6) is 0 Å². The minimum Gasteiger partial charge on any atom is -0.288 e. The summed E-state index contributed by atoms with van der Waals surface area (Å²) in [6.45, 7) is 9.58. The number of rotatable bonds is 8. The molecular formula is C12H22N2. The molecule has 0 heterocycles. The summed E-state index contributed by atoms with van der Waals surface area (Å²) in [6.07, 6.45) is 6.73. The lowest BCUT2D eigenvalue weighted by atomic mass is 10.2. The summed E-state index contributed by atoms with van der Waals surface area (Å²) in [5, 5.41) is 8.62. The Morgan fingerprint density at radius 2 is 2.07 bits per heavy atom. The minimum atomic E-state index is 0.481. The first-order valence-corrected chi connectivity index (χ1v) is 5.44. The summed E-state index contributed by atoms with van der Waals surface area (Å²) >= 11 is 0. The van der Waals surface area contributed by atoms with Crippen LogP contribution in [0.1, 0.15) is 39.5 Å². The third-order valence-electron chi connectivity index (χ3n) is 2.36. The van der Waals surface area contributed by atoms with Crippen LogP contribution in [0.3, 0.4) is 0 Å². The SMILES string of the molecule is C=CCCCCCN(CC#N)C(C)C. The summed E-state index contributed by atoms with van der Waals surface area (Å²) in [4.78, 5) is 2.22. The zero-order chi connectivity index (χ0) is 10.8. The first-order chi connectivity index (χ1) is 6.72. The quantitative estimate of drug-likeness (QED) is 0.337. The van der Waals surface area contributed by atoms with Crippen LogP contribution in [-0.4, -0.2) is 24.0 Å². The first kappa shape index (κ1) is 13.2. The van der Waals surface area contributed by atoms with Crippen LogP contribution in [0.4, 0.5) is 0 Å². The fourth-order valence-corrected chi connectivity index (χ4v) is 1.39. The van der Waals surface area contributed by atoms with Crippen LogP contribution in [0.25, 0.3) is 0 Å². The molecule has 0 aliphatic carbocycles. The van der Waals surface area contributed by atoms with E-state index in [9.17, 15) is 0 Å². The van der Waals surface area contributed by atoms with Gasteiger partial charge in [0.1, 0.15) is 0 Å². The molecule has 0 rings (SSSR count). The lowest BCUT2D eigenvalue weighted by Crippen LogP contribution is -2.32. The Hall–Kier alpha value is -0.810. The molecule has 0 N–H and O–H groups in total. The molecule has 0 unspecified atom stereocenters. The molecule has 0 aromatic rings. The Bertz CT molecular complexity index is 179. The van der Waals surface area contributed by atoms with Gasteiger partial charge in [0.05, 0.1) is 12.6 Å². The van der Waals surface area contributed by atoms with Crippen LogP contribution < -0.4 is 0 Å². The van der Waals surface area contributed by atoms with Crippen molar-refractivity contribution in [3.63, 3.8) is 0 Å². The molecule has 0 spiro atoms. The second kappa shape index (κ2) is 8.77. The van der Waals surface area contributed by atoms with Crippen molar-refractivity contribution in [2.45, 2.75) is 45.6 Å². The van der Waals surface area contributed by atoms with Gasteiger partial charge in [-0.05, 0) is 39.7 Å². The highest BCUT2D eigenvalue weighted by Crippen LogP contribution is 2.04. The maximum Gasteiger partial charge on any atom is 0.0868 e. The minimum absolute atomic E-state index is 0.481. The predicted molar refractivity (Wildman–Crippen MR) is 61.0 cm³/mol. The van der Waals surface area contributed by atoms with Gasteiger partial charge in [0.25, 0.3) is 0 Å². The van der Waals surface area contributed by atoms with Gasteiger partial charge >= 0.3 is 0 Å². The van der Waals surface area contributed by atoms with E-state index in [4.69, 9.17) is 5.26 Å². The van der Waals surface area contributed by atoms with Crippen molar-refractivity contribution in [1.29, 1.82) is 5.26 Å². The van der Waals surface area contributed by atoms with Gasteiger partial charge in [-0.3, -0.25) is 4.90 Å². The molecule has 0 aliphatic rings. The lowest BCUT2D eigenvalue weighted by Gasteiger charge is -2.23. The smallest absolute Gasteiger partial charge is 0.0868 e. The van der Waals surface area contributed by atoms with Crippen molar-refractivity contribution in [2.24, 2.45) is 0 Å². The number of nitriles is 1. The van der Waals surface area contributed by atoms with Crippen molar-refractivity contribution < 1.29 is 0 Å². The highest BCUT2D eigenvalue weighted by Gasteiger charge is 2.07. The van der Waals surface area contributed by atoms with E-state index in [1.807, 2.05) is 6.08 Å². The van der Waals surface area contributed by atoms with E-state index in [1.165, 1.54) is 19.3 Å². The molecule has 0 saturated heterocycles. The highest BCUT2D eigenvalue weighted by molar-refractivity contribution is 4.78. The van der Waals surface area contributed by atoms with E-state index in [0.29, 0.717) is 12.6 Å². The van der Waals surface area contributed by atoms with Crippen LogP contribution in [0, 0.1) is 11.3 Å². The molecule has 0 fully saturated rings. The van der Waals surface area contributed by atoms with Gasteiger partial charge in [-0.25, -0.2) is 0 Å². The Morgan fingerprint density at radius 3 is 2.57 bits per heavy atom. The fraction of sp³-hybridized carbons (Fsp3) is 0.750. The summed E-state index contributed by atoms with van der Waals surface area (Å²) in [5.41, 5.74) is 0. The van der Waals surface area contributed by atoms with Gasteiger partial charge in [0, 0.05) is 6.04 Å². The van der Waals surface area contributed by atoms with Crippen molar-refractivity contribution in [2.75, 3.05) is 13.1 Å². The third-order valence-corrected chi connectivity index (χ3v) is 2.36. The maximum absolute atomic E-state index is 8.62. The van der Waals surface area contributed by atoms with Gasteiger partial charge in [-0.1, -0.05) is 12.5 Å². The van der Waals surface area contributed by atoms with Crippen LogP contribution in [0.15, 0.2) is 12.7 Å². The molecule has 0 aliphatic heterocycles. The predicted octanol–water partition coefficient (Wildman–Crippen LogP) is 2.97. The van der Waals surface area contributed by atoms with Gasteiger partial charge in [0.2, 0.25) is 0 Å². The second-order valence-corrected chi connectivity index (χ2v) is 3.86. The Labute approximate surface area is 88.2 Å². The number of nitrogens with zero attached hydrogens (tertiary/aromatic N) is 2. The molecule has 0 saturated carbocycles.